The van der Waals surface area contributed by atoms with Crippen LogP contribution in [-0.2, 0) is 18.9 Å². The van der Waals surface area contributed by atoms with Crippen molar-refractivity contribution in [2.75, 3.05) is 0 Å². The van der Waals surface area contributed by atoms with Crippen LogP contribution in [0.4, 0.5) is 114 Å². The Morgan fingerprint density at radius 3 is 0.548 bits per heavy atom. The van der Waals surface area contributed by atoms with Crippen LogP contribution in [-0.4, -0.2) is 73.1 Å². The minimum absolute atomic E-state index is 0.873. The third-order valence-corrected chi connectivity index (χ3v) is 3.63. The average molecular weight is 702 g/mol. The van der Waals surface area contributed by atoms with Crippen LogP contribution < -0.4 is 0 Å². The molecule has 0 spiro atoms. The lowest BCUT2D eigenvalue weighted by Crippen LogP contribution is -2.73. The lowest BCUT2D eigenvalue weighted by molar-refractivity contribution is -0.584. The largest absolute Gasteiger partial charge is 0.527 e. The van der Waals surface area contributed by atoms with Crippen molar-refractivity contribution in [2.24, 2.45) is 0 Å². The second-order valence-corrected chi connectivity index (χ2v) is 6.70. The summed E-state index contributed by atoms with van der Waals surface area (Å²) in [5.74, 6) is -35.5. The SMILES string of the molecule is FC(F)(F)OC(F)(F)C(F)(F)C(F)(F)OC(F)(C(F)(F)F)C(F)(OC(F)(F)C(F)(F)C(F)(F)OC(F)(F)F)C(F)(F)F. The van der Waals surface area contributed by atoms with E-state index in [2.05, 4.69) is 0 Å². The van der Waals surface area contributed by atoms with Gasteiger partial charge in [-0.15, -0.1) is 26.3 Å². The molecule has 0 radical (unpaired) electrons. The van der Waals surface area contributed by atoms with Crippen molar-refractivity contribution >= 4 is 0 Å². The van der Waals surface area contributed by atoms with Gasteiger partial charge in [0.2, 0.25) is 0 Å². The van der Waals surface area contributed by atoms with Crippen molar-refractivity contribution in [3.63, 3.8) is 0 Å². The number of hydrogen-bond acceptors (Lipinski definition) is 4. The second kappa shape index (κ2) is 10.3. The van der Waals surface area contributed by atoms with Crippen molar-refractivity contribution in [3.8, 4) is 0 Å². The summed E-state index contributed by atoms with van der Waals surface area (Å²) in [5.41, 5.74) is 0. The molecule has 0 N–H and O–H groups in total. The Kier molecular flexibility index (Phi) is 9.81. The molecule has 0 saturated carbocycles. The van der Waals surface area contributed by atoms with Crippen LogP contribution in [0.2, 0.25) is 0 Å². The molecule has 254 valence electrons. The van der Waals surface area contributed by atoms with Crippen LogP contribution in [0.1, 0.15) is 0 Å². The highest BCUT2D eigenvalue weighted by Gasteiger charge is 2.91. The van der Waals surface area contributed by atoms with E-state index in [-0.39, 0.29) is 0 Å². The number of halogens is 26. The van der Waals surface area contributed by atoms with Gasteiger partial charge in [0.1, 0.15) is 0 Å². The van der Waals surface area contributed by atoms with Crippen LogP contribution in [0.3, 0.4) is 0 Å². The van der Waals surface area contributed by atoms with Crippen LogP contribution in [0.25, 0.3) is 0 Å². The Labute approximate surface area is 208 Å². The molecule has 0 bridgehead atoms. The van der Waals surface area contributed by atoms with Gasteiger partial charge in [-0.25, -0.2) is 9.47 Å². The summed E-state index contributed by atoms with van der Waals surface area (Å²) in [5, 5.41) is 0. The summed E-state index contributed by atoms with van der Waals surface area (Å²) in [6, 6.07) is 0. The monoisotopic (exact) mass is 702 g/mol. The van der Waals surface area contributed by atoms with Gasteiger partial charge in [0.25, 0.3) is 0 Å². The Morgan fingerprint density at radius 2 is 0.405 bits per heavy atom. The van der Waals surface area contributed by atoms with Crippen molar-refractivity contribution in [1.82, 2.24) is 0 Å². The van der Waals surface area contributed by atoms with Crippen LogP contribution in [0.15, 0.2) is 0 Å². The Hall–Kier alpha value is -1.98. The quantitative estimate of drug-likeness (QED) is 0.204. The first-order valence-electron chi connectivity index (χ1n) is 8.30. The summed E-state index contributed by atoms with van der Waals surface area (Å²) in [4.78, 5) is 0. The van der Waals surface area contributed by atoms with E-state index in [1.807, 2.05) is 0 Å². The zero-order valence-electron chi connectivity index (χ0n) is 17.5. The Balaban J connectivity index is 7.35. The smallest absolute Gasteiger partial charge is 0.265 e. The summed E-state index contributed by atoms with van der Waals surface area (Å²) < 4.78 is 338. The molecule has 0 aliphatic rings. The lowest BCUT2D eigenvalue weighted by Gasteiger charge is -2.44. The summed E-state index contributed by atoms with van der Waals surface area (Å²) >= 11 is 0. The van der Waals surface area contributed by atoms with Crippen molar-refractivity contribution in [2.45, 2.75) is 73.1 Å². The highest BCUT2D eigenvalue weighted by molar-refractivity contribution is 5.03. The molecule has 0 rings (SSSR count). The number of alkyl halides is 26. The molecule has 0 aliphatic heterocycles. The summed E-state index contributed by atoms with van der Waals surface area (Å²) in [6.07, 6.45) is -65.7. The molecule has 42 heavy (non-hydrogen) atoms. The van der Waals surface area contributed by atoms with E-state index < -0.39 is 73.1 Å². The molecule has 0 amide bonds. The average Bonchev–Trinajstić information content (AvgIpc) is 2.60. The van der Waals surface area contributed by atoms with Crippen LogP contribution in [0, 0.1) is 0 Å². The van der Waals surface area contributed by atoms with Gasteiger partial charge in [0.15, 0.2) is 0 Å². The van der Waals surface area contributed by atoms with Crippen molar-refractivity contribution in [1.29, 1.82) is 0 Å². The maximum Gasteiger partial charge on any atom is 0.527 e. The molecule has 2 unspecified atom stereocenters. The van der Waals surface area contributed by atoms with E-state index in [4.69, 9.17) is 0 Å². The third-order valence-electron chi connectivity index (χ3n) is 3.63. The zero-order chi connectivity index (χ0) is 34.8. The number of hydrogen-bond donors (Lipinski definition) is 0. The van der Waals surface area contributed by atoms with Gasteiger partial charge in [0, 0.05) is 0 Å². The molecule has 0 aromatic rings. The molecule has 0 aliphatic carbocycles. The normalized spacial score (nSPS) is 19.0. The first-order valence-corrected chi connectivity index (χ1v) is 8.30. The van der Waals surface area contributed by atoms with E-state index in [1.165, 1.54) is 0 Å². The van der Waals surface area contributed by atoms with Gasteiger partial charge in [0.05, 0.1) is 0 Å². The minimum atomic E-state index is -9.14. The van der Waals surface area contributed by atoms with Crippen LogP contribution in [0.5, 0.6) is 0 Å². The first-order chi connectivity index (χ1) is 17.6. The van der Waals surface area contributed by atoms with E-state index in [9.17, 15) is 114 Å². The van der Waals surface area contributed by atoms with Gasteiger partial charge < -0.3 is 0 Å². The highest BCUT2D eigenvalue weighted by Crippen LogP contribution is 2.61. The predicted octanol–water partition coefficient (Wildman–Crippen LogP) is 8.19. The van der Waals surface area contributed by atoms with Crippen LogP contribution >= 0.6 is 0 Å². The van der Waals surface area contributed by atoms with Gasteiger partial charge in [-0.3, -0.25) is 9.47 Å². The van der Waals surface area contributed by atoms with Crippen molar-refractivity contribution < 1.29 is 133 Å². The minimum Gasteiger partial charge on any atom is -0.265 e. The van der Waals surface area contributed by atoms with Gasteiger partial charge >= 0.3 is 73.1 Å². The second-order valence-electron chi connectivity index (χ2n) is 6.70. The van der Waals surface area contributed by atoms with Gasteiger partial charge in [-0.1, -0.05) is 0 Å². The lowest BCUT2D eigenvalue weighted by atomic mass is 10.1. The Morgan fingerprint density at radius 1 is 0.238 bits per heavy atom. The maximum atomic E-state index is 14.2. The molecule has 2 atom stereocenters. The molecule has 0 aromatic heterocycles. The van der Waals surface area contributed by atoms with E-state index in [1.54, 1.807) is 0 Å². The summed E-state index contributed by atoms with van der Waals surface area (Å²) in [6.45, 7) is 0. The zero-order valence-corrected chi connectivity index (χ0v) is 17.5. The first kappa shape index (κ1) is 40.0. The molecule has 0 aromatic carbocycles. The molecular weight excluding hydrogens is 702 g/mol. The van der Waals surface area contributed by atoms with Crippen molar-refractivity contribution in [3.05, 3.63) is 0 Å². The van der Waals surface area contributed by atoms with Gasteiger partial charge in [-0.05, 0) is 0 Å². The standard InChI is InChI=1S/C12F26O4/c13-1(14,9(29,30)41-11(33,34)35)7(25,26)39-3(17,5(19,20)21)4(18,6(22,23)24)40-8(27,28)2(15,16)10(31,32)42-12(36,37)38. The molecule has 0 heterocycles. The predicted molar refractivity (Wildman–Crippen MR) is 65.9 cm³/mol. The fraction of sp³-hybridized carbons (Fsp3) is 1.00. The number of rotatable bonds is 11. The highest BCUT2D eigenvalue weighted by atomic mass is 19.4. The molecule has 30 heteroatoms. The summed E-state index contributed by atoms with van der Waals surface area (Å²) in [7, 11) is 0. The third kappa shape index (κ3) is 7.21. The fourth-order valence-corrected chi connectivity index (χ4v) is 1.85. The fourth-order valence-electron chi connectivity index (χ4n) is 1.85. The molecule has 0 fully saturated rings. The van der Waals surface area contributed by atoms with E-state index in [0.717, 1.165) is 18.9 Å². The van der Waals surface area contributed by atoms with E-state index >= 15 is 0 Å². The topological polar surface area (TPSA) is 36.9 Å². The van der Waals surface area contributed by atoms with E-state index in [0.29, 0.717) is 0 Å². The maximum absolute atomic E-state index is 14.2. The molecule has 0 saturated heterocycles. The molecule has 4 nitrogen and oxygen atoms in total. The Bertz CT molecular complexity index is 865. The molecular formula is C12F26O4. The number of ether oxygens (including phenoxy) is 4. The van der Waals surface area contributed by atoms with Gasteiger partial charge in [-0.2, -0.15) is 87.8 Å².